The van der Waals surface area contributed by atoms with Gasteiger partial charge in [-0.05, 0) is 40.6 Å². The number of halogens is 1. The second-order valence-electron chi connectivity index (χ2n) is 4.66. The average molecular weight is 287 g/mol. The lowest BCUT2D eigenvalue weighted by Gasteiger charge is -2.22. The Balaban J connectivity index is 1.74. The Labute approximate surface area is 103 Å². The fourth-order valence-electron chi connectivity index (χ4n) is 2.95. The van der Waals surface area contributed by atoms with Crippen LogP contribution >= 0.6 is 27.3 Å². The third kappa shape index (κ3) is 1.94. The van der Waals surface area contributed by atoms with Crippen molar-refractivity contribution in [2.45, 2.75) is 25.7 Å². The van der Waals surface area contributed by atoms with Crippen LogP contribution in [0.25, 0.3) is 0 Å². The van der Waals surface area contributed by atoms with Crippen molar-refractivity contribution in [3.8, 4) is 0 Å². The normalized spacial score (nSPS) is 30.6. The molecule has 1 aliphatic carbocycles. The van der Waals surface area contributed by atoms with Crippen LogP contribution in [0, 0.1) is 11.8 Å². The first-order valence-electron chi connectivity index (χ1n) is 5.69. The van der Waals surface area contributed by atoms with Crippen LogP contribution in [0.2, 0.25) is 0 Å². The lowest BCUT2D eigenvalue weighted by Crippen LogP contribution is -2.19. The summed E-state index contributed by atoms with van der Waals surface area (Å²) in [6, 6.07) is 0. The maximum Gasteiger partial charge on any atom is 0.186 e. The first-order chi connectivity index (χ1) is 7.33. The number of nitrogens with zero attached hydrogens (tertiary/aromatic N) is 2. The molecule has 0 unspecified atom stereocenters. The summed E-state index contributed by atoms with van der Waals surface area (Å²) < 4.78 is 0.984. The molecule has 2 fully saturated rings. The van der Waals surface area contributed by atoms with E-state index in [1.54, 1.807) is 11.3 Å². The summed E-state index contributed by atoms with van der Waals surface area (Å²) in [6.45, 7) is 2.48. The zero-order valence-corrected chi connectivity index (χ0v) is 11.1. The molecule has 0 N–H and O–H groups in total. The van der Waals surface area contributed by atoms with Gasteiger partial charge >= 0.3 is 0 Å². The van der Waals surface area contributed by atoms with Gasteiger partial charge < -0.3 is 4.90 Å². The van der Waals surface area contributed by atoms with Crippen molar-refractivity contribution in [1.29, 1.82) is 0 Å². The maximum absolute atomic E-state index is 4.51. The van der Waals surface area contributed by atoms with Crippen molar-refractivity contribution < 1.29 is 0 Å². The second kappa shape index (κ2) is 4.06. The monoisotopic (exact) mass is 286 g/mol. The zero-order valence-electron chi connectivity index (χ0n) is 8.66. The van der Waals surface area contributed by atoms with Crippen molar-refractivity contribution >= 4 is 32.4 Å². The number of hydrogen-bond donors (Lipinski definition) is 0. The van der Waals surface area contributed by atoms with Crippen LogP contribution in [0.1, 0.15) is 25.7 Å². The summed E-state index contributed by atoms with van der Waals surface area (Å²) in [5.74, 6) is 1.89. The molecule has 0 bridgehead atoms. The SMILES string of the molecule is Brc1csc(N2C[C@H]3CCCC[C@H]3C2)n1. The molecule has 0 amide bonds. The molecule has 1 aromatic rings. The van der Waals surface area contributed by atoms with Crippen molar-refractivity contribution in [1.82, 2.24) is 4.98 Å². The molecule has 0 radical (unpaired) electrons. The third-order valence-corrected chi connectivity index (χ3v) is 5.32. The van der Waals surface area contributed by atoms with Gasteiger partial charge in [0.05, 0.1) is 0 Å². The van der Waals surface area contributed by atoms with Gasteiger partial charge in [0.15, 0.2) is 5.13 Å². The van der Waals surface area contributed by atoms with E-state index in [0.717, 1.165) is 16.4 Å². The Morgan fingerprint density at radius 2 is 1.93 bits per heavy atom. The highest BCUT2D eigenvalue weighted by Crippen LogP contribution is 2.39. The van der Waals surface area contributed by atoms with Gasteiger partial charge in [0, 0.05) is 18.5 Å². The Morgan fingerprint density at radius 3 is 2.47 bits per heavy atom. The topological polar surface area (TPSA) is 16.1 Å². The summed E-state index contributed by atoms with van der Waals surface area (Å²) in [5, 5.41) is 3.29. The van der Waals surface area contributed by atoms with E-state index >= 15 is 0 Å². The summed E-state index contributed by atoms with van der Waals surface area (Å²) in [4.78, 5) is 6.99. The average Bonchev–Trinajstić information content (AvgIpc) is 2.82. The Hall–Kier alpha value is -0.0900. The molecule has 1 aromatic heterocycles. The quantitative estimate of drug-likeness (QED) is 0.785. The van der Waals surface area contributed by atoms with Crippen molar-refractivity contribution in [2.24, 2.45) is 11.8 Å². The summed E-state index contributed by atoms with van der Waals surface area (Å²) >= 11 is 5.19. The minimum Gasteiger partial charge on any atom is -0.347 e. The largest absolute Gasteiger partial charge is 0.347 e. The van der Waals surface area contributed by atoms with Gasteiger partial charge in [-0.2, -0.15) is 0 Å². The lowest BCUT2D eigenvalue weighted by atomic mass is 9.82. The highest BCUT2D eigenvalue weighted by atomic mass is 79.9. The molecule has 2 nitrogen and oxygen atoms in total. The Kier molecular flexibility index (Phi) is 2.73. The number of rotatable bonds is 1. The predicted octanol–water partition coefficient (Wildman–Crippen LogP) is 3.53. The minimum atomic E-state index is 0.946. The molecular formula is C11H15BrN2S. The first-order valence-corrected chi connectivity index (χ1v) is 7.36. The van der Waals surface area contributed by atoms with Gasteiger partial charge in [0.2, 0.25) is 0 Å². The highest BCUT2D eigenvalue weighted by molar-refractivity contribution is 9.10. The number of hydrogen-bond acceptors (Lipinski definition) is 3. The summed E-state index contributed by atoms with van der Waals surface area (Å²) in [7, 11) is 0. The van der Waals surface area contributed by atoms with Crippen molar-refractivity contribution in [3.05, 3.63) is 9.98 Å². The van der Waals surface area contributed by atoms with E-state index in [0.29, 0.717) is 0 Å². The third-order valence-electron chi connectivity index (χ3n) is 3.71. The minimum absolute atomic E-state index is 0.946. The molecule has 1 saturated carbocycles. The van der Waals surface area contributed by atoms with E-state index in [-0.39, 0.29) is 0 Å². The van der Waals surface area contributed by atoms with E-state index in [1.165, 1.54) is 43.9 Å². The fraction of sp³-hybridized carbons (Fsp3) is 0.727. The van der Waals surface area contributed by atoms with Crippen molar-refractivity contribution in [2.75, 3.05) is 18.0 Å². The molecule has 82 valence electrons. The maximum atomic E-state index is 4.51. The zero-order chi connectivity index (χ0) is 10.3. The molecule has 1 aliphatic heterocycles. The van der Waals surface area contributed by atoms with Gasteiger partial charge in [0.25, 0.3) is 0 Å². The van der Waals surface area contributed by atoms with Gasteiger partial charge in [0.1, 0.15) is 4.60 Å². The second-order valence-corrected chi connectivity index (χ2v) is 6.31. The van der Waals surface area contributed by atoms with Crippen LogP contribution in [0.3, 0.4) is 0 Å². The fourth-order valence-corrected chi connectivity index (χ4v) is 4.22. The molecular weight excluding hydrogens is 272 g/mol. The van der Waals surface area contributed by atoms with Crippen LogP contribution in [-0.4, -0.2) is 18.1 Å². The van der Waals surface area contributed by atoms with Crippen molar-refractivity contribution in [3.63, 3.8) is 0 Å². The molecule has 2 heterocycles. The van der Waals surface area contributed by atoms with Crippen LogP contribution in [0.5, 0.6) is 0 Å². The van der Waals surface area contributed by atoms with E-state index < -0.39 is 0 Å². The molecule has 4 heteroatoms. The lowest BCUT2D eigenvalue weighted by molar-refractivity contribution is 0.299. The van der Waals surface area contributed by atoms with Crippen LogP contribution in [-0.2, 0) is 0 Å². The Morgan fingerprint density at radius 1 is 1.27 bits per heavy atom. The Bertz CT molecular complexity index is 338. The van der Waals surface area contributed by atoms with Gasteiger partial charge in [-0.1, -0.05) is 12.8 Å². The van der Waals surface area contributed by atoms with Gasteiger partial charge in [-0.25, -0.2) is 4.98 Å². The standard InChI is InChI=1S/C11H15BrN2S/c12-10-7-15-11(13-10)14-5-8-3-1-2-4-9(8)6-14/h7-9H,1-6H2/t8-,9+. The molecule has 2 atom stereocenters. The molecule has 0 spiro atoms. The number of thiazole rings is 1. The number of anilines is 1. The molecule has 2 aliphatic rings. The number of aromatic nitrogens is 1. The predicted molar refractivity (Wildman–Crippen MR) is 67.5 cm³/mol. The molecule has 0 aromatic carbocycles. The highest BCUT2D eigenvalue weighted by Gasteiger charge is 2.35. The van der Waals surface area contributed by atoms with E-state index in [2.05, 4.69) is 31.2 Å². The van der Waals surface area contributed by atoms with Crippen LogP contribution < -0.4 is 4.90 Å². The van der Waals surface area contributed by atoms with E-state index in [4.69, 9.17) is 0 Å². The number of fused-ring (bicyclic) bond motifs is 1. The molecule has 1 saturated heterocycles. The van der Waals surface area contributed by atoms with Crippen LogP contribution in [0.15, 0.2) is 9.98 Å². The van der Waals surface area contributed by atoms with Gasteiger partial charge in [-0.3, -0.25) is 0 Å². The smallest absolute Gasteiger partial charge is 0.186 e. The van der Waals surface area contributed by atoms with E-state index in [9.17, 15) is 0 Å². The molecule has 3 rings (SSSR count). The first kappa shape index (κ1) is 10.1. The van der Waals surface area contributed by atoms with E-state index in [1.807, 2.05) is 0 Å². The molecule has 15 heavy (non-hydrogen) atoms. The summed E-state index contributed by atoms with van der Waals surface area (Å²) in [5.41, 5.74) is 0. The summed E-state index contributed by atoms with van der Waals surface area (Å²) in [6.07, 6.45) is 5.76. The van der Waals surface area contributed by atoms with Crippen LogP contribution in [0.4, 0.5) is 5.13 Å². The van der Waals surface area contributed by atoms with Gasteiger partial charge in [-0.15, -0.1) is 11.3 Å².